The summed E-state index contributed by atoms with van der Waals surface area (Å²) in [5, 5.41) is 15.0. The third kappa shape index (κ3) is 6.10. The predicted octanol–water partition coefficient (Wildman–Crippen LogP) is 8.63. The van der Waals surface area contributed by atoms with E-state index in [1.165, 1.54) is 0 Å². The van der Waals surface area contributed by atoms with Crippen molar-refractivity contribution in [2.24, 2.45) is 0 Å². The molecule has 0 fully saturated rings. The fourth-order valence-electron chi connectivity index (χ4n) is 3.30. The SMILES string of the molecule is N#Cc1c(-c2ccccc2Cl)cc(-c2ccc(Cl)cc2)nc1SCC(=O)Nc1ccc(Cl)c(Cl)c1. The van der Waals surface area contributed by atoms with Crippen molar-refractivity contribution < 1.29 is 4.79 Å². The molecule has 0 aliphatic heterocycles. The molecule has 35 heavy (non-hydrogen) atoms. The van der Waals surface area contributed by atoms with Gasteiger partial charge in [-0.05, 0) is 42.5 Å². The molecule has 9 heteroatoms. The van der Waals surface area contributed by atoms with Gasteiger partial charge in [-0.15, -0.1) is 0 Å². The van der Waals surface area contributed by atoms with Crippen LogP contribution in [0.3, 0.4) is 0 Å². The van der Waals surface area contributed by atoms with E-state index < -0.39 is 0 Å². The van der Waals surface area contributed by atoms with Gasteiger partial charge in [-0.1, -0.05) is 88.5 Å². The maximum Gasteiger partial charge on any atom is 0.234 e. The van der Waals surface area contributed by atoms with Crippen LogP contribution in [0.1, 0.15) is 5.56 Å². The molecule has 4 aromatic rings. The number of nitrogens with one attached hydrogen (secondary N) is 1. The van der Waals surface area contributed by atoms with E-state index in [-0.39, 0.29) is 11.7 Å². The minimum Gasteiger partial charge on any atom is -0.325 e. The van der Waals surface area contributed by atoms with Crippen molar-refractivity contribution in [2.45, 2.75) is 5.03 Å². The molecule has 0 aliphatic rings. The number of carbonyl (C=O) groups is 1. The number of hydrogen-bond donors (Lipinski definition) is 1. The molecule has 3 aromatic carbocycles. The van der Waals surface area contributed by atoms with E-state index in [1.807, 2.05) is 36.4 Å². The van der Waals surface area contributed by atoms with Gasteiger partial charge >= 0.3 is 0 Å². The second-order valence-electron chi connectivity index (χ2n) is 7.30. The highest BCUT2D eigenvalue weighted by Gasteiger charge is 2.18. The smallest absolute Gasteiger partial charge is 0.234 e. The molecule has 0 saturated carbocycles. The maximum atomic E-state index is 12.6. The molecule has 0 aliphatic carbocycles. The lowest BCUT2D eigenvalue weighted by Crippen LogP contribution is -2.14. The molecule has 174 valence electrons. The average Bonchev–Trinajstić information content (AvgIpc) is 2.85. The van der Waals surface area contributed by atoms with Crippen LogP contribution in [0.4, 0.5) is 5.69 Å². The van der Waals surface area contributed by atoms with Gasteiger partial charge in [0.25, 0.3) is 0 Å². The van der Waals surface area contributed by atoms with Crippen molar-refractivity contribution in [2.75, 3.05) is 11.1 Å². The van der Waals surface area contributed by atoms with Crippen molar-refractivity contribution in [3.05, 3.63) is 98.5 Å². The van der Waals surface area contributed by atoms with Gasteiger partial charge in [0.1, 0.15) is 11.1 Å². The topological polar surface area (TPSA) is 65.8 Å². The first-order valence-electron chi connectivity index (χ1n) is 10.2. The van der Waals surface area contributed by atoms with Crippen molar-refractivity contribution in [1.82, 2.24) is 4.98 Å². The summed E-state index contributed by atoms with van der Waals surface area (Å²) in [6.07, 6.45) is 0. The fourth-order valence-corrected chi connectivity index (χ4v) is 4.76. The van der Waals surface area contributed by atoms with Crippen LogP contribution in [0.5, 0.6) is 0 Å². The number of carbonyl (C=O) groups excluding carboxylic acids is 1. The normalized spacial score (nSPS) is 10.6. The zero-order valence-corrected chi connectivity index (χ0v) is 21.7. The standard InChI is InChI=1S/C26H15Cl4N3OS/c27-16-7-5-15(6-8-16)24-12-19(18-3-1-2-4-21(18)28)20(13-31)26(33-24)35-14-25(34)32-17-9-10-22(29)23(30)11-17/h1-12H,14H2,(H,32,34). The predicted molar refractivity (Wildman–Crippen MR) is 146 cm³/mol. The number of pyridine rings is 1. The first kappa shape index (κ1) is 25.4. The molecule has 0 spiro atoms. The summed E-state index contributed by atoms with van der Waals surface area (Å²) in [7, 11) is 0. The molecule has 0 unspecified atom stereocenters. The highest BCUT2D eigenvalue weighted by Crippen LogP contribution is 2.37. The second kappa shape index (κ2) is 11.3. The number of hydrogen-bond acceptors (Lipinski definition) is 4. The van der Waals surface area contributed by atoms with E-state index in [2.05, 4.69) is 11.4 Å². The molecular weight excluding hydrogens is 544 g/mol. The van der Waals surface area contributed by atoms with Crippen LogP contribution in [-0.4, -0.2) is 16.6 Å². The van der Waals surface area contributed by atoms with Crippen LogP contribution < -0.4 is 5.32 Å². The van der Waals surface area contributed by atoms with Crippen molar-refractivity contribution in [3.63, 3.8) is 0 Å². The first-order chi connectivity index (χ1) is 16.9. The van der Waals surface area contributed by atoms with Crippen LogP contribution in [0, 0.1) is 11.3 Å². The van der Waals surface area contributed by atoms with E-state index in [9.17, 15) is 10.1 Å². The van der Waals surface area contributed by atoms with Crippen molar-refractivity contribution in [1.29, 1.82) is 5.26 Å². The summed E-state index contributed by atoms with van der Waals surface area (Å²) in [6.45, 7) is 0. The molecular formula is C26H15Cl4N3OS. The number of nitrogens with zero attached hydrogens (tertiary/aromatic N) is 2. The summed E-state index contributed by atoms with van der Waals surface area (Å²) >= 11 is 25.6. The summed E-state index contributed by atoms with van der Waals surface area (Å²) in [5.41, 5.74) is 3.63. The molecule has 1 amide bonds. The second-order valence-corrected chi connectivity index (χ2v) is 9.92. The third-order valence-electron chi connectivity index (χ3n) is 4.95. The summed E-state index contributed by atoms with van der Waals surface area (Å²) in [4.78, 5) is 17.3. The molecule has 1 aromatic heterocycles. The Labute approximate surface area is 226 Å². The number of benzene rings is 3. The Kier molecular flexibility index (Phi) is 8.22. The van der Waals surface area contributed by atoms with Gasteiger partial charge in [-0.3, -0.25) is 4.79 Å². The van der Waals surface area contributed by atoms with Gasteiger partial charge in [0.05, 0.1) is 27.1 Å². The third-order valence-corrected chi connectivity index (χ3v) is 7.24. The summed E-state index contributed by atoms with van der Waals surface area (Å²) in [5.74, 6) is -0.260. The van der Waals surface area contributed by atoms with Crippen LogP contribution in [0.15, 0.2) is 77.8 Å². The Morgan fingerprint density at radius 2 is 1.63 bits per heavy atom. The van der Waals surface area contributed by atoms with Crippen LogP contribution in [-0.2, 0) is 4.79 Å². The van der Waals surface area contributed by atoms with Gasteiger partial charge in [0.2, 0.25) is 5.91 Å². The van der Waals surface area contributed by atoms with E-state index in [0.717, 1.165) is 17.3 Å². The zero-order valence-electron chi connectivity index (χ0n) is 17.9. The van der Waals surface area contributed by atoms with Gasteiger partial charge < -0.3 is 5.32 Å². The van der Waals surface area contributed by atoms with Gasteiger partial charge in [0, 0.05) is 32.4 Å². The largest absolute Gasteiger partial charge is 0.325 e. The van der Waals surface area contributed by atoms with Crippen LogP contribution in [0.2, 0.25) is 20.1 Å². The minimum absolute atomic E-state index is 0.0218. The number of aromatic nitrogens is 1. The Morgan fingerprint density at radius 1 is 0.886 bits per heavy atom. The molecule has 4 rings (SSSR count). The summed E-state index contributed by atoms with van der Waals surface area (Å²) < 4.78 is 0. The molecule has 0 saturated heterocycles. The number of halogens is 4. The lowest BCUT2D eigenvalue weighted by Gasteiger charge is -2.14. The van der Waals surface area contributed by atoms with Crippen LogP contribution in [0.25, 0.3) is 22.4 Å². The van der Waals surface area contributed by atoms with Gasteiger partial charge in [-0.25, -0.2) is 4.98 Å². The summed E-state index contributed by atoms with van der Waals surface area (Å²) in [6, 6.07) is 23.4. The molecule has 0 atom stereocenters. The molecule has 1 N–H and O–H groups in total. The van der Waals surface area contributed by atoms with E-state index in [4.69, 9.17) is 51.4 Å². The van der Waals surface area contributed by atoms with E-state index in [1.54, 1.807) is 36.4 Å². The Morgan fingerprint density at radius 3 is 2.31 bits per heavy atom. The number of thioether (sulfide) groups is 1. The minimum atomic E-state index is -0.282. The number of rotatable bonds is 6. The number of anilines is 1. The lowest BCUT2D eigenvalue weighted by molar-refractivity contribution is -0.113. The monoisotopic (exact) mass is 557 g/mol. The van der Waals surface area contributed by atoms with Gasteiger partial charge in [0.15, 0.2) is 0 Å². The van der Waals surface area contributed by atoms with Crippen LogP contribution >= 0.6 is 58.2 Å². The highest BCUT2D eigenvalue weighted by atomic mass is 35.5. The van der Waals surface area contributed by atoms with Crippen molar-refractivity contribution >= 4 is 69.8 Å². The van der Waals surface area contributed by atoms with Crippen molar-refractivity contribution in [3.8, 4) is 28.5 Å². The van der Waals surface area contributed by atoms with E-state index >= 15 is 0 Å². The Balaban J connectivity index is 1.70. The first-order valence-corrected chi connectivity index (χ1v) is 12.7. The van der Waals surface area contributed by atoms with E-state index in [0.29, 0.717) is 53.2 Å². The maximum absolute atomic E-state index is 12.6. The zero-order chi connectivity index (χ0) is 24.9. The molecule has 1 heterocycles. The molecule has 0 bridgehead atoms. The van der Waals surface area contributed by atoms with Gasteiger partial charge in [-0.2, -0.15) is 5.26 Å². The average molecular weight is 559 g/mol. The highest BCUT2D eigenvalue weighted by molar-refractivity contribution is 8.00. The lowest BCUT2D eigenvalue weighted by atomic mass is 9.99. The number of amides is 1. The number of nitriles is 1. The fraction of sp³-hybridized carbons (Fsp3) is 0.0385. The Bertz CT molecular complexity index is 1450. The quantitative estimate of drug-likeness (QED) is 0.240. The Hall–Kier alpha value is -2.72. The molecule has 4 nitrogen and oxygen atoms in total. The molecule has 0 radical (unpaired) electrons.